The molecule has 170 valence electrons. The molecule has 0 saturated heterocycles. The topological polar surface area (TPSA) is 114 Å². The van der Waals surface area contributed by atoms with Crippen LogP contribution in [-0.2, 0) is 18.6 Å². The molecule has 0 aliphatic carbocycles. The van der Waals surface area contributed by atoms with Crippen LogP contribution in [0.15, 0.2) is 78.9 Å². The second-order valence-corrected chi connectivity index (χ2v) is 7.79. The molecule has 0 unspecified atom stereocenters. The molecule has 0 bridgehead atoms. The van der Waals surface area contributed by atoms with Crippen molar-refractivity contribution in [1.82, 2.24) is 0 Å². The molecule has 0 aliphatic heterocycles. The van der Waals surface area contributed by atoms with Gasteiger partial charge in [-0.1, -0.05) is 42.5 Å². The van der Waals surface area contributed by atoms with Crippen LogP contribution in [0.5, 0.6) is 11.5 Å². The number of carbonyl (C=O) groups is 3. The van der Waals surface area contributed by atoms with Crippen molar-refractivity contribution in [3.8, 4) is 11.5 Å². The van der Waals surface area contributed by atoms with Crippen LogP contribution in [0, 0.1) is 0 Å². The fraction of sp³-hybridized carbons (Fsp3) is 0.0870. The summed E-state index contributed by atoms with van der Waals surface area (Å²) in [5, 5.41) is 0. The maximum absolute atomic E-state index is 13.7. The minimum atomic E-state index is -4.80. The summed E-state index contributed by atoms with van der Waals surface area (Å²) in [6.07, 6.45) is 0. The zero-order chi connectivity index (χ0) is 23.8. The van der Waals surface area contributed by atoms with Crippen molar-refractivity contribution in [2.24, 2.45) is 0 Å². The van der Waals surface area contributed by atoms with Gasteiger partial charge in [0.05, 0.1) is 19.8 Å². The van der Waals surface area contributed by atoms with Gasteiger partial charge in [-0.3, -0.25) is 0 Å². The van der Waals surface area contributed by atoms with Crippen molar-refractivity contribution >= 4 is 25.7 Å². The Hall–Kier alpha value is -4.10. The lowest BCUT2D eigenvalue weighted by atomic mass is 10.2. The number of phosphoric ester groups is 1. The molecule has 0 fully saturated rings. The Balaban J connectivity index is 2.03. The van der Waals surface area contributed by atoms with E-state index in [4.69, 9.17) is 23.0 Å². The van der Waals surface area contributed by atoms with Crippen LogP contribution in [0.3, 0.4) is 0 Å². The highest BCUT2D eigenvalue weighted by Gasteiger charge is 2.38. The van der Waals surface area contributed by atoms with E-state index in [0.717, 1.165) is 14.2 Å². The molecule has 10 heteroatoms. The fourth-order valence-electron chi connectivity index (χ4n) is 2.67. The molecule has 9 nitrogen and oxygen atoms in total. The summed E-state index contributed by atoms with van der Waals surface area (Å²) < 4.78 is 39.1. The summed E-state index contributed by atoms with van der Waals surface area (Å²) in [5.41, 5.74) is -0.0888. The molecule has 0 aromatic heterocycles. The van der Waals surface area contributed by atoms with E-state index >= 15 is 0 Å². The molecule has 33 heavy (non-hydrogen) atoms. The Kier molecular flexibility index (Phi) is 7.48. The predicted octanol–water partition coefficient (Wildman–Crippen LogP) is 4.68. The van der Waals surface area contributed by atoms with Gasteiger partial charge < -0.3 is 23.0 Å². The summed E-state index contributed by atoms with van der Waals surface area (Å²) >= 11 is 0. The highest BCUT2D eigenvalue weighted by atomic mass is 31.2. The first-order valence-electron chi connectivity index (χ1n) is 9.50. The monoisotopic (exact) mass is 470 g/mol. The molecule has 0 spiro atoms. The highest BCUT2D eigenvalue weighted by Crippen LogP contribution is 2.51. The molecule has 3 aromatic rings. The summed E-state index contributed by atoms with van der Waals surface area (Å²) in [4.78, 5) is 36.9. The number of ether oxygens (including phenoxy) is 2. The Bertz CT molecular complexity index is 1140. The number of para-hydroxylation sites is 2. The van der Waals surface area contributed by atoms with E-state index in [0.29, 0.717) is 0 Å². The summed E-state index contributed by atoms with van der Waals surface area (Å²) in [7, 11) is -2.48. The Labute approximate surface area is 189 Å². The number of methoxy groups -OCH3 is 2. The average Bonchev–Trinajstić information content (AvgIpc) is 2.84. The molecule has 0 radical (unpaired) electrons. The zero-order valence-corrected chi connectivity index (χ0v) is 18.5. The van der Waals surface area contributed by atoms with Gasteiger partial charge in [0.15, 0.2) is 0 Å². The number of hydrogen-bond acceptors (Lipinski definition) is 9. The van der Waals surface area contributed by atoms with Gasteiger partial charge in [-0.05, 0) is 36.4 Å². The van der Waals surface area contributed by atoms with E-state index in [1.54, 1.807) is 18.2 Å². The molecule has 0 N–H and O–H groups in total. The maximum atomic E-state index is 13.7. The lowest BCUT2D eigenvalue weighted by molar-refractivity contribution is 0.0590. The first-order valence-corrected chi connectivity index (χ1v) is 11.0. The minimum Gasteiger partial charge on any atom is -0.465 e. The van der Waals surface area contributed by atoms with Crippen LogP contribution in [0.2, 0.25) is 0 Å². The van der Waals surface area contributed by atoms with Crippen LogP contribution < -0.4 is 9.05 Å². The van der Waals surface area contributed by atoms with Gasteiger partial charge in [0.1, 0.15) is 22.6 Å². The third-order valence-corrected chi connectivity index (χ3v) is 5.44. The first-order chi connectivity index (χ1) is 15.9. The lowest BCUT2D eigenvalue weighted by Gasteiger charge is -2.20. The Morgan fingerprint density at radius 3 is 1.48 bits per heavy atom. The lowest BCUT2D eigenvalue weighted by Crippen LogP contribution is -2.14. The maximum Gasteiger partial charge on any atom is 0.649 e. The Morgan fingerprint density at radius 1 is 0.606 bits per heavy atom. The van der Waals surface area contributed by atoms with Crippen molar-refractivity contribution < 1.29 is 42.0 Å². The molecule has 3 aromatic carbocycles. The number of carbonyl (C=O) groups excluding carboxylic acids is 3. The normalized spacial score (nSPS) is 10.6. The fourth-order valence-corrected chi connectivity index (χ4v) is 3.90. The molecule has 0 heterocycles. The number of benzene rings is 3. The number of esters is 2. The van der Waals surface area contributed by atoms with Gasteiger partial charge in [0, 0.05) is 0 Å². The van der Waals surface area contributed by atoms with Crippen LogP contribution in [-0.4, -0.2) is 32.1 Å². The van der Waals surface area contributed by atoms with E-state index in [9.17, 15) is 18.9 Å². The highest BCUT2D eigenvalue weighted by molar-refractivity contribution is 7.50. The summed E-state index contributed by atoms with van der Waals surface area (Å²) in [6, 6.07) is 19.2. The Morgan fingerprint density at radius 2 is 1.03 bits per heavy atom. The van der Waals surface area contributed by atoms with E-state index in [1.807, 2.05) is 0 Å². The van der Waals surface area contributed by atoms with Crippen molar-refractivity contribution in [3.63, 3.8) is 0 Å². The SMILES string of the molecule is COC(=O)c1ccccc1OP(=O)(OC(=O)c1ccccc1)Oc1ccccc1C(=O)OC. The quantitative estimate of drug-likeness (QED) is 0.342. The summed E-state index contributed by atoms with van der Waals surface area (Å²) in [6.45, 7) is 0. The van der Waals surface area contributed by atoms with Gasteiger partial charge >= 0.3 is 25.7 Å². The van der Waals surface area contributed by atoms with Crippen LogP contribution in [0.4, 0.5) is 0 Å². The number of rotatable bonds is 8. The first kappa shape index (κ1) is 23.6. The third-order valence-electron chi connectivity index (χ3n) is 4.21. The third kappa shape index (κ3) is 5.78. The second kappa shape index (κ2) is 10.5. The largest absolute Gasteiger partial charge is 0.649 e. The van der Waals surface area contributed by atoms with Gasteiger partial charge in [0.2, 0.25) is 0 Å². The van der Waals surface area contributed by atoms with E-state index < -0.39 is 25.7 Å². The molecular weight excluding hydrogens is 451 g/mol. The van der Waals surface area contributed by atoms with Crippen LogP contribution in [0.1, 0.15) is 31.1 Å². The van der Waals surface area contributed by atoms with Crippen molar-refractivity contribution in [2.45, 2.75) is 0 Å². The van der Waals surface area contributed by atoms with E-state index in [2.05, 4.69) is 0 Å². The minimum absolute atomic E-state index is 0.0763. The molecule has 0 aliphatic rings. The molecule has 3 rings (SSSR count). The van der Waals surface area contributed by atoms with E-state index in [-0.39, 0.29) is 28.2 Å². The second-order valence-electron chi connectivity index (χ2n) is 6.35. The molecule has 0 saturated carbocycles. The zero-order valence-electron chi connectivity index (χ0n) is 17.6. The van der Waals surface area contributed by atoms with Crippen molar-refractivity contribution in [2.75, 3.05) is 14.2 Å². The molecular formula is C23H19O9P. The predicted molar refractivity (Wildman–Crippen MR) is 116 cm³/mol. The van der Waals surface area contributed by atoms with Gasteiger partial charge in [-0.2, -0.15) is 4.57 Å². The average molecular weight is 470 g/mol. The summed E-state index contributed by atoms with van der Waals surface area (Å²) in [5.74, 6) is -3.00. The van der Waals surface area contributed by atoms with Crippen LogP contribution >= 0.6 is 7.82 Å². The molecule has 0 amide bonds. The van der Waals surface area contributed by atoms with Crippen LogP contribution in [0.25, 0.3) is 0 Å². The van der Waals surface area contributed by atoms with Gasteiger partial charge in [-0.25, -0.2) is 14.4 Å². The standard InChI is InChI=1S/C23H19O9P/c1-28-22(25)17-12-6-8-14-19(17)30-33(27,32-21(24)16-10-4-3-5-11-16)31-20-15-9-7-13-18(20)23(26)29-2/h3-15H,1-2H3. The smallest absolute Gasteiger partial charge is 0.465 e. The van der Waals surface area contributed by atoms with Gasteiger partial charge in [-0.15, -0.1) is 0 Å². The van der Waals surface area contributed by atoms with Crippen molar-refractivity contribution in [1.29, 1.82) is 0 Å². The van der Waals surface area contributed by atoms with E-state index in [1.165, 1.54) is 60.7 Å². The molecule has 0 atom stereocenters. The number of hydrogen-bond donors (Lipinski definition) is 0. The van der Waals surface area contributed by atoms with Crippen molar-refractivity contribution in [3.05, 3.63) is 95.6 Å². The van der Waals surface area contributed by atoms with Gasteiger partial charge in [0.25, 0.3) is 0 Å². The number of phosphoric acid groups is 1.